The van der Waals surface area contributed by atoms with Crippen LogP contribution in [-0.4, -0.2) is 10.0 Å². The molecule has 0 aliphatic carbocycles. The molecule has 0 spiro atoms. The smallest absolute Gasteiger partial charge is 0.273 e. The summed E-state index contributed by atoms with van der Waals surface area (Å²) >= 11 is 0. The van der Waals surface area contributed by atoms with Crippen molar-refractivity contribution in [1.82, 2.24) is 0 Å². The zero-order valence-corrected chi connectivity index (χ0v) is 11.0. The van der Waals surface area contributed by atoms with Crippen molar-refractivity contribution in [2.75, 3.05) is 0 Å². The maximum absolute atomic E-state index is 12.2. The van der Waals surface area contributed by atoms with Crippen molar-refractivity contribution in [2.45, 2.75) is 0 Å². The van der Waals surface area contributed by atoms with Gasteiger partial charge in [0.1, 0.15) is 11.4 Å². The van der Waals surface area contributed by atoms with Gasteiger partial charge in [0.2, 0.25) is 10.9 Å². The highest BCUT2D eigenvalue weighted by Gasteiger charge is 2.13. The molecule has 3 aromatic rings. The van der Waals surface area contributed by atoms with Gasteiger partial charge in [-0.15, -0.1) is 0 Å². The lowest BCUT2D eigenvalue weighted by Crippen LogP contribution is -2.31. The lowest BCUT2D eigenvalue weighted by Gasteiger charge is -1.97. The van der Waals surface area contributed by atoms with Crippen molar-refractivity contribution in [1.29, 1.82) is 0 Å². The first kappa shape index (κ1) is 13.6. The molecule has 108 valence electrons. The van der Waals surface area contributed by atoms with E-state index >= 15 is 0 Å². The lowest BCUT2D eigenvalue weighted by atomic mass is 10.2. The average molecular weight is 296 g/mol. The molecular formula is C15H8N2O5. The Kier molecular flexibility index (Phi) is 3.03. The SMILES string of the molecule is O=c1c(=Nc2ccc([N+](=O)[O-])cc2O)c(=O)c2ccccc12. The second kappa shape index (κ2) is 4.88. The number of benzene rings is 2. The highest BCUT2D eigenvalue weighted by atomic mass is 16.6. The van der Waals surface area contributed by atoms with Gasteiger partial charge >= 0.3 is 0 Å². The van der Waals surface area contributed by atoms with E-state index in [-0.39, 0.29) is 27.5 Å². The Morgan fingerprint density at radius 1 is 1.00 bits per heavy atom. The van der Waals surface area contributed by atoms with Crippen LogP contribution < -0.4 is 16.2 Å². The van der Waals surface area contributed by atoms with Crippen LogP contribution in [0.5, 0.6) is 5.75 Å². The zero-order chi connectivity index (χ0) is 15.9. The van der Waals surface area contributed by atoms with E-state index in [0.29, 0.717) is 0 Å². The van der Waals surface area contributed by atoms with Gasteiger partial charge in [-0.1, -0.05) is 24.3 Å². The summed E-state index contributed by atoms with van der Waals surface area (Å²) in [6.45, 7) is 0. The topological polar surface area (TPSA) is 110 Å². The van der Waals surface area contributed by atoms with Crippen molar-refractivity contribution in [3.8, 4) is 5.75 Å². The summed E-state index contributed by atoms with van der Waals surface area (Å²) in [4.78, 5) is 38.1. The van der Waals surface area contributed by atoms with Crippen LogP contribution in [0.1, 0.15) is 0 Å². The highest BCUT2D eigenvalue weighted by Crippen LogP contribution is 2.29. The number of nitro benzene ring substituents is 1. The first-order valence-electron chi connectivity index (χ1n) is 6.23. The number of hydrogen-bond acceptors (Lipinski definition) is 6. The molecule has 0 aliphatic rings. The van der Waals surface area contributed by atoms with Crippen LogP contribution in [0.15, 0.2) is 57.0 Å². The summed E-state index contributed by atoms with van der Waals surface area (Å²) in [5, 5.41) is 20.6. The van der Waals surface area contributed by atoms with E-state index in [2.05, 4.69) is 4.99 Å². The normalized spacial score (nSPS) is 10.7. The minimum atomic E-state index is -0.668. The summed E-state index contributed by atoms with van der Waals surface area (Å²) in [5.74, 6) is -0.474. The van der Waals surface area contributed by atoms with Crippen LogP contribution >= 0.6 is 0 Å². The average Bonchev–Trinajstić information content (AvgIpc) is 2.74. The molecule has 0 bridgehead atoms. The molecule has 3 aromatic carbocycles. The number of hydrogen-bond donors (Lipinski definition) is 1. The monoisotopic (exact) mass is 296 g/mol. The number of non-ortho nitro benzene ring substituents is 1. The highest BCUT2D eigenvalue weighted by molar-refractivity contribution is 5.83. The molecule has 0 radical (unpaired) electrons. The Balaban J connectivity index is 2.28. The van der Waals surface area contributed by atoms with E-state index in [1.807, 2.05) is 0 Å². The molecule has 3 rings (SSSR count). The summed E-state index contributed by atoms with van der Waals surface area (Å²) in [5.41, 5.74) is -1.44. The molecule has 1 N–H and O–H groups in total. The fraction of sp³-hybridized carbons (Fsp3) is 0. The molecule has 0 aromatic heterocycles. The Bertz CT molecular complexity index is 1010. The van der Waals surface area contributed by atoms with E-state index < -0.39 is 21.5 Å². The number of rotatable bonds is 2. The molecule has 0 aliphatic heterocycles. The Morgan fingerprint density at radius 2 is 1.59 bits per heavy atom. The number of phenolic OH excluding ortho intramolecular Hbond substituents is 1. The molecule has 0 unspecified atom stereocenters. The van der Waals surface area contributed by atoms with Crippen LogP contribution in [0.25, 0.3) is 10.8 Å². The van der Waals surface area contributed by atoms with Crippen molar-refractivity contribution in [3.63, 3.8) is 0 Å². The molecular weight excluding hydrogens is 288 g/mol. The van der Waals surface area contributed by atoms with Gasteiger partial charge in [-0.3, -0.25) is 19.7 Å². The quantitative estimate of drug-likeness (QED) is 0.566. The number of aromatic hydroxyl groups is 1. The van der Waals surface area contributed by atoms with Crippen LogP contribution in [0.2, 0.25) is 0 Å². The minimum Gasteiger partial charge on any atom is -0.505 e. The minimum absolute atomic E-state index is 0.0740. The molecule has 7 heteroatoms. The van der Waals surface area contributed by atoms with Crippen LogP contribution in [0, 0.1) is 10.1 Å². The Morgan fingerprint density at radius 3 is 2.09 bits per heavy atom. The van der Waals surface area contributed by atoms with Crippen molar-refractivity contribution in [2.24, 2.45) is 4.99 Å². The third-order valence-electron chi connectivity index (χ3n) is 3.25. The van der Waals surface area contributed by atoms with Gasteiger partial charge in [0.15, 0.2) is 5.36 Å². The summed E-state index contributed by atoms with van der Waals surface area (Å²) < 4.78 is 0. The van der Waals surface area contributed by atoms with Crippen molar-refractivity contribution < 1.29 is 10.0 Å². The standard InChI is InChI=1S/C15H8N2O5/c18-12-7-8(17(21)22)5-6-11(12)16-13-14(19)9-3-1-2-4-10(9)15(13)20/h1-7,18H. The van der Waals surface area contributed by atoms with E-state index in [9.17, 15) is 24.8 Å². The van der Waals surface area contributed by atoms with E-state index in [1.165, 1.54) is 18.2 Å². The van der Waals surface area contributed by atoms with Gasteiger partial charge in [0.25, 0.3) is 5.69 Å². The Labute approximate surface area is 122 Å². The zero-order valence-electron chi connectivity index (χ0n) is 11.0. The molecule has 0 heterocycles. The van der Waals surface area contributed by atoms with Crippen molar-refractivity contribution >= 4 is 22.1 Å². The lowest BCUT2D eigenvalue weighted by molar-refractivity contribution is -0.384. The number of nitrogens with zero attached hydrogens (tertiary/aromatic N) is 2. The summed E-state index contributed by atoms with van der Waals surface area (Å²) in [7, 11) is 0. The van der Waals surface area contributed by atoms with E-state index in [4.69, 9.17) is 0 Å². The number of fused-ring (bicyclic) bond motifs is 1. The first-order chi connectivity index (χ1) is 10.5. The largest absolute Gasteiger partial charge is 0.505 e. The molecule has 0 atom stereocenters. The van der Waals surface area contributed by atoms with Gasteiger partial charge in [-0.05, 0) is 6.07 Å². The second-order valence-electron chi connectivity index (χ2n) is 4.59. The maximum Gasteiger partial charge on any atom is 0.273 e. The molecule has 0 saturated carbocycles. The number of phenols is 1. The molecule has 0 saturated heterocycles. The number of nitro groups is 1. The van der Waals surface area contributed by atoms with E-state index in [1.54, 1.807) is 12.1 Å². The van der Waals surface area contributed by atoms with Gasteiger partial charge in [0, 0.05) is 16.8 Å². The van der Waals surface area contributed by atoms with Gasteiger partial charge in [-0.25, -0.2) is 4.99 Å². The van der Waals surface area contributed by atoms with E-state index in [0.717, 1.165) is 12.1 Å². The Hall–Kier alpha value is -3.35. The molecule has 22 heavy (non-hydrogen) atoms. The third-order valence-corrected chi connectivity index (χ3v) is 3.25. The van der Waals surface area contributed by atoms with Crippen LogP contribution in [0.3, 0.4) is 0 Å². The van der Waals surface area contributed by atoms with Gasteiger partial charge in [0.05, 0.1) is 11.0 Å². The third kappa shape index (κ3) is 2.05. The van der Waals surface area contributed by atoms with Crippen LogP contribution in [0.4, 0.5) is 11.4 Å². The fourth-order valence-corrected chi connectivity index (χ4v) is 2.18. The maximum atomic E-state index is 12.2. The second-order valence-corrected chi connectivity index (χ2v) is 4.59. The summed E-state index contributed by atoms with van der Waals surface area (Å²) in [6.07, 6.45) is 0. The van der Waals surface area contributed by atoms with Gasteiger partial charge in [-0.2, -0.15) is 0 Å². The van der Waals surface area contributed by atoms with Gasteiger partial charge < -0.3 is 5.11 Å². The molecule has 0 amide bonds. The predicted octanol–water partition coefficient (Wildman–Crippen LogP) is 1.28. The predicted molar refractivity (Wildman–Crippen MR) is 78.8 cm³/mol. The fourth-order valence-electron chi connectivity index (χ4n) is 2.18. The first-order valence-corrected chi connectivity index (χ1v) is 6.23. The van der Waals surface area contributed by atoms with Crippen LogP contribution in [-0.2, 0) is 0 Å². The molecule has 7 nitrogen and oxygen atoms in total. The van der Waals surface area contributed by atoms with Crippen molar-refractivity contribution in [3.05, 3.63) is 78.4 Å². The summed E-state index contributed by atoms with van der Waals surface area (Å²) in [6, 6.07) is 9.55. The molecule has 0 fully saturated rings.